The lowest BCUT2D eigenvalue weighted by Gasteiger charge is -2.06. The number of rotatable bonds is 3. The van der Waals surface area contributed by atoms with Crippen molar-refractivity contribution in [3.63, 3.8) is 0 Å². The molecule has 18 heavy (non-hydrogen) atoms. The lowest BCUT2D eigenvalue weighted by molar-refractivity contribution is -0.116. The predicted octanol–water partition coefficient (Wildman–Crippen LogP) is 2.39. The Labute approximate surface area is 112 Å². The number of anilines is 1. The third kappa shape index (κ3) is 3.76. The van der Waals surface area contributed by atoms with Crippen LogP contribution in [0, 0.1) is 17.8 Å². The summed E-state index contributed by atoms with van der Waals surface area (Å²) in [4.78, 5) is 11.7. The Morgan fingerprint density at radius 3 is 2.94 bits per heavy atom. The second kappa shape index (κ2) is 5.90. The second-order valence-corrected chi connectivity index (χ2v) is 4.80. The minimum absolute atomic E-state index is 0.0533. The van der Waals surface area contributed by atoms with Crippen LogP contribution in [0.1, 0.15) is 24.8 Å². The number of amides is 1. The van der Waals surface area contributed by atoms with E-state index in [9.17, 15) is 4.79 Å². The van der Waals surface area contributed by atoms with Crippen LogP contribution in [0.25, 0.3) is 0 Å². The number of nitrogens with one attached hydrogen (secondary N) is 1. The summed E-state index contributed by atoms with van der Waals surface area (Å²) in [6.45, 7) is 0.286. The third-order valence-electron chi connectivity index (χ3n) is 2.75. The molecular weight excluding hydrogens is 248 g/mol. The van der Waals surface area contributed by atoms with Gasteiger partial charge in [-0.15, -0.1) is 0 Å². The average Bonchev–Trinajstić information content (AvgIpc) is 3.13. The van der Waals surface area contributed by atoms with Gasteiger partial charge in [-0.3, -0.25) is 4.79 Å². The van der Waals surface area contributed by atoms with E-state index in [-0.39, 0.29) is 12.5 Å². The van der Waals surface area contributed by atoms with Crippen molar-refractivity contribution in [1.82, 2.24) is 0 Å². The van der Waals surface area contributed by atoms with Gasteiger partial charge in [0.2, 0.25) is 5.91 Å². The van der Waals surface area contributed by atoms with E-state index in [0.717, 1.165) is 5.69 Å². The SMILES string of the molecule is NCC#Cc1cc(NC(=O)CC2CC2)ccc1Cl. The standard InChI is InChI=1S/C14H15ClN2O/c15-13-6-5-12(9-11(13)2-1-7-16)17-14(18)8-10-3-4-10/h5-6,9-10H,3-4,7-8,16H2,(H,17,18). The minimum Gasteiger partial charge on any atom is -0.326 e. The molecular formula is C14H15ClN2O. The fraction of sp³-hybridized carbons (Fsp3) is 0.357. The number of carbonyl (C=O) groups excluding carboxylic acids is 1. The molecule has 1 amide bonds. The topological polar surface area (TPSA) is 55.1 Å². The van der Waals surface area contributed by atoms with Crippen LogP contribution in [0.15, 0.2) is 18.2 Å². The highest BCUT2D eigenvalue weighted by Crippen LogP contribution is 2.32. The van der Waals surface area contributed by atoms with Crippen LogP contribution in [0.5, 0.6) is 0 Å². The van der Waals surface area contributed by atoms with Crippen molar-refractivity contribution in [3.05, 3.63) is 28.8 Å². The number of halogens is 1. The van der Waals surface area contributed by atoms with E-state index in [2.05, 4.69) is 17.2 Å². The van der Waals surface area contributed by atoms with Crippen LogP contribution in [-0.2, 0) is 4.79 Å². The Morgan fingerprint density at radius 1 is 1.50 bits per heavy atom. The molecule has 94 valence electrons. The molecule has 0 saturated heterocycles. The van der Waals surface area contributed by atoms with E-state index in [0.29, 0.717) is 22.9 Å². The van der Waals surface area contributed by atoms with Gasteiger partial charge in [-0.05, 0) is 37.0 Å². The Hall–Kier alpha value is -1.50. The molecule has 0 atom stereocenters. The van der Waals surface area contributed by atoms with Gasteiger partial charge in [0.1, 0.15) is 0 Å². The van der Waals surface area contributed by atoms with Crippen molar-refractivity contribution in [2.24, 2.45) is 11.7 Å². The van der Waals surface area contributed by atoms with E-state index < -0.39 is 0 Å². The number of nitrogens with two attached hydrogens (primary N) is 1. The van der Waals surface area contributed by atoms with E-state index in [1.165, 1.54) is 12.8 Å². The van der Waals surface area contributed by atoms with Gasteiger partial charge in [0, 0.05) is 17.7 Å². The first-order valence-corrected chi connectivity index (χ1v) is 6.35. The van der Waals surface area contributed by atoms with Gasteiger partial charge in [-0.2, -0.15) is 0 Å². The number of carbonyl (C=O) groups is 1. The highest BCUT2D eigenvalue weighted by atomic mass is 35.5. The van der Waals surface area contributed by atoms with Gasteiger partial charge in [0.05, 0.1) is 11.6 Å². The monoisotopic (exact) mass is 262 g/mol. The fourth-order valence-corrected chi connectivity index (χ4v) is 1.81. The molecule has 1 aliphatic rings. The number of hydrogen-bond donors (Lipinski definition) is 2. The summed E-state index contributed by atoms with van der Waals surface area (Å²) < 4.78 is 0. The molecule has 1 saturated carbocycles. The fourth-order valence-electron chi connectivity index (χ4n) is 1.64. The van der Waals surface area contributed by atoms with E-state index >= 15 is 0 Å². The summed E-state index contributed by atoms with van der Waals surface area (Å²) >= 11 is 6.01. The average molecular weight is 263 g/mol. The Kier molecular flexibility index (Phi) is 4.24. The quantitative estimate of drug-likeness (QED) is 0.822. The molecule has 3 nitrogen and oxygen atoms in total. The second-order valence-electron chi connectivity index (χ2n) is 4.40. The van der Waals surface area contributed by atoms with Crippen LogP contribution in [0.2, 0.25) is 5.02 Å². The maximum Gasteiger partial charge on any atom is 0.224 e. The molecule has 1 aromatic rings. The largest absolute Gasteiger partial charge is 0.326 e. The first kappa shape index (κ1) is 12.9. The summed E-state index contributed by atoms with van der Waals surface area (Å²) in [6.07, 6.45) is 2.94. The Morgan fingerprint density at radius 2 is 2.28 bits per heavy atom. The minimum atomic E-state index is 0.0533. The van der Waals surface area contributed by atoms with Crippen LogP contribution in [-0.4, -0.2) is 12.5 Å². The van der Waals surface area contributed by atoms with Crippen LogP contribution in [0.4, 0.5) is 5.69 Å². The molecule has 0 radical (unpaired) electrons. The lowest BCUT2D eigenvalue weighted by atomic mass is 10.2. The predicted molar refractivity (Wildman–Crippen MR) is 73.4 cm³/mol. The van der Waals surface area contributed by atoms with Crippen molar-refractivity contribution < 1.29 is 4.79 Å². The van der Waals surface area contributed by atoms with Crippen molar-refractivity contribution in [2.75, 3.05) is 11.9 Å². The van der Waals surface area contributed by atoms with Gasteiger partial charge < -0.3 is 11.1 Å². The third-order valence-corrected chi connectivity index (χ3v) is 3.08. The molecule has 0 spiro atoms. The maximum atomic E-state index is 11.7. The van der Waals surface area contributed by atoms with E-state index in [4.69, 9.17) is 17.3 Å². The zero-order chi connectivity index (χ0) is 13.0. The lowest BCUT2D eigenvalue weighted by Crippen LogP contribution is -2.11. The van der Waals surface area contributed by atoms with Crippen LogP contribution >= 0.6 is 11.6 Å². The summed E-state index contributed by atoms with van der Waals surface area (Å²) in [6, 6.07) is 5.28. The molecule has 1 fully saturated rings. The first-order chi connectivity index (χ1) is 8.69. The molecule has 0 bridgehead atoms. The Bertz CT molecular complexity index is 512. The van der Waals surface area contributed by atoms with Crippen molar-refractivity contribution in [3.8, 4) is 11.8 Å². The van der Waals surface area contributed by atoms with E-state index in [1.54, 1.807) is 18.2 Å². The number of hydrogen-bond acceptors (Lipinski definition) is 2. The summed E-state index contributed by atoms with van der Waals surface area (Å²) in [5, 5.41) is 3.43. The summed E-state index contributed by atoms with van der Waals surface area (Å²) in [5.41, 5.74) is 6.74. The molecule has 1 aliphatic carbocycles. The molecule has 0 aliphatic heterocycles. The number of benzene rings is 1. The molecule has 4 heteroatoms. The Balaban J connectivity index is 2.05. The van der Waals surface area contributed by atoms with Gasteiger partial charge in [-0.25, -0.2) is 0 Å². The van der Waals surface area contributed by atoms with Gasteiger partial charge in [-0.1, -0.05) is 23.4 Å². The zero-order valence-electron chi connectivity index (χ0n) is 10.0. The van der Waals surface area contributed by atoms with E-state index in [1.807, 2.05) is 0 Å². The molecule has 0 heterocycles. The van der Waals surface area contributed by atoms with Gasteiger partial charge >= 0.3 is 0 Å². The summed E-state index contributed by atoms with van der Waals surface area (Å²) in [5.74, 6) is 6.26. The highest BCUT2D eigenvalue weighted by Gasteiger charge is 2.24. The van der Waals surface area contributed by atoms with Crippen molar-refractivity contribution in [1.29, 1.82) is 0 Å². The van der Waals surface area contributed by atoms with Crippen LogP contribution < -0.4 is 11.1 Å². The maximum absolute atomic E-state index is 11.7. The van der Waals surface area contributed by atoms with Crippen molar-refractivity contribution in [2.45, 2.75) is 19.3 Å². The molecule has 1 aromatic carbocycles. The normalized spacial score (nSPS) is 13.7. The smallest absolute Gasteiger partial charge is 0.224 e. The molecule has 3 N–H and O–H groups in total. The van der Waals surface area contributed by atoms with Gasteiger partial charge in [0.15, 0.2) is 0 Å². The van der Waals surface area contributed by atoms with Crippen LogP contribution in [0.3, 0.4) is 0 Å². The summed E-state index contributed by atoms with van der Waals surface area (Å²) in [7, 11) is 0. The molecule has 2 rings (SSSR count). The zero-order valence-corrected chi connectivity index (χ0v) is 10.8. The molecule has 0 aromatic heterocycles. The van der Waals surface area contributed by atoms with Gasteiger partial charge in [0.25, 0.3) is 0 Å². The van der Waals surface area contributed by atoms with Crippen molar-refractivity contribution >= 4 is 23.2 Å². The highest BCUT2D eigenvalue weighted by molar-refractivity contribution is 6.31. The first-order valence-electron chi connectivity index (χ1n) is 5.97. The molecule has 0 unspecified atom stereocenters.